The summed E-state index contributed by atoms with van der Waals surface area (Å²) in [6.45, 7) is 5.01. The molecule has 1 aromatic carbocycles. The van der Waals surface area contributed by atoms with Gasteiger partial charge in [0.25, 0.3) is 0 Å². The van der Waals surface area contributed by atoms with Crippen LogP contribution in [0, 0.1) is 13.8 Å². The molecule has 3 heteroatoms. The molecule has 0 aliphatic rings. The lowest BCUT2D eigenvalue weighted by Gasteiger charge is -2.05. The normalized spacial score (nSPS) is 10.5. The second-order valence-corrected chi connectivity index (χ2v) is 3.86. The van der Waals surface area contributed by atoms with Gasteiger partial charge in [0.05, 0.1) is 6.54 Å². The number of anilines is 1. The Bertz CT molecular complexity index is 471. The highest BCUT2D eigenvalue weighted by atomic mass is 15.3. The number of hydrogen-bond donors (Lipinski definition) is 1. The van der Waals surface area contributed by atoms with Crippen LogP contribution in [-0.2, 0) is 6.54 Å². The molecular weight excluding hydrogens is 186 g/mol. The van der Waals surface area contributed by atoms with Gasteiger partial charge in [0, 0.05) is 6.20 Å². The maximum atomic E-state index is 5.55. The SMILES string of the molecule is Cc1ccc(Cn2ccc(N)n2)cc1C. The smallest absolute Gasteiger partial charge is 0.145 e. The summed E-state index contributed by atoms with van der Waals surface area (Å²) in [7, 11) is 0. The van der Waals surface area contributed by atoms with Crippen molar-refractivity contribution in [1.82, 2.24) is 9.78 Å². The Morgan fingerprint density at radius 1 is 1.20 bits per heavy atom. The zero-order valence-electron chi connectivity index (χ0n) is 9.07. The maximum absolute atomic E-state index is 5.55. The lowest BCUT2D eigenvalue weighted by Crippen LogP contribution is -2.01. The highest BCUT2D eigenvalue weighted by Crippen LogP contribution is 2.11. The molecule has 3 nitrogen and oxygen atoms in total. The molecule has 0 atom stereocenters. The molecule has 0 radical (unpaired) electrons. The van der Waals surface area contributed by atoms with Gasteiger partial charge in [-0.1, -0.05) is 18.2 Å². The van der Waals surface area contributed by atoms with Gasteiger partial charge in [0.15, 0.2) is 0 Å². The van der Waals surface area contributed by atoms with E-state index in [1.54, 1.807) is 6.07 Å². The molecule has 0 bridgehead atoms. The van der Waals surface area contributed by atoms with Gasteiger partial charge in [-0.25, -0.2) is 0 Å². The zero-order valence-corrected chi connectivity index (χ0v) is 9.07. The van der Waals surface area contributed by atoms with Gasteiger partial charge in [-0.05, 0) is 36.6 Å². The number of nitrogens with zero attached hydrogens (tertiary/aromatic N) is 2. The Morgan fingerprint density at radius 3 is 2.60 bits per heavy atom. The van der Waals surface area contributed by atoms with E-state index in [0.717, 1.165) is 6.54 Å². The highest BCUT2D eigenvalue weighted by Gasteiger charge is 1.99. The molecule has 0 aliphatic heterocycles. The molecule has 2 N–H and O–H groups in total. The summed E-state index contributed by atoms with van der Waals surface area (Å²) in [6, 6.07) is 8.26. The Labute approximate surface area is 89.5 Å². The summed E-state index contributed by atoms with van der Waals surface area (Å²) in [4.78, 5) is 0. The molecule has 0 amide bonds. The van der Waals surface area contributed by atoms with Crippen molar-refractivity contribution in [1.29, 1.82) is 0 Å². The highest BCUT2D eigenvalue weighted by molar-refractivity contribution is 5.30. The van der Waals surface area contributed by atoms with Crippen LogP contribution in [0.3, 0.4) is 0 Å². The van der Waals surface area contributed by atoms with Crippen LogP contribution in [-0.4, -0.2) is 9.78 Å². The van der Waals surface area contributed by atoms with Crippen LogP contribution < -0.4 is 5.73 Å². The van der Waals surface area contributed by atoms with Gasteiger partial charge in [-0.15, -0.1) is 0 Å². The van der Waals surface area contributed by atoms with E-state index in [1.165, 1.54) is 16.7 Å². The van der Waals surface area contributed by atoms with E-state index in [9.17, 15) is 0 Å². The minimum absolute atomic E-state index is 0.568. The first kappa shape index (κ1) is 9.77. The number of hydrogen-bond acceptors (Lipinski definition) is 2. The first-order valence-electron chi connectivity index (χ1n) is 5.00. The largest absolute Gasteiger partial charge is 0.382 e. The summed E-state index contributed by atoms with van der Waals surface area (Å²) >= 11 is 0. The van der Waals surface area contributed by atoms with Gasteiger partial charge >= 0.3 is 0 Å². The van der Waals surface area contributed by atoms with Crippen molar-refractivity contribution in [3.05, 3.63) is 47.2 Å². The van der Waals surface area contributed by atoms with Crippen molar-refractivity contribution < 1.29 is 0 Å². The average Bonchev–Trinajstić information content (AvgIpc) is 2.58. The van der Waals surface area contributed by atoms with Crippen molar-refractivity contribution in [2.24, 2.45) is 0 Å². The second kappa shape index (κ2) is 3.77. The molecule has 0 saturated carbocycles. The van der Waals surface area contributed by atoms with E-state index >= 15 is 0 Å². The molecule has 0 spiro atoms. The van der Waals surface area contributed by atoms with E-state index in [0.29, 0.717) is 5.82 Å². The van der Waals surface area contributed by atoms with Crippen molar-refractivity contribution in [2.45, 2.75) is 20.4 Å². The van der Waals surface area contributed by atoms with Gasteiger partial charge in [0.1, 0.15) is 5.82 Å². The fraction of sp³-hybridized carbons (Fsp3) is 0.250. The monoisotopic (exact) mass is 201 g/mol. The van der Waals surface area contributed by atoms with Crippen LogP contribution in [0.2, 0.25) is 0 Å². The molecule has 1 heterocycles. The molecule has 0 saturated heterocycles. The minimum Gasteiger partial charge on any atom is -0.382 e. The summed E-state index contributed by atoms with van der Waals surface area (Å²) < 4.78 is 1.85. The number of aromatic nitrogens is 2. The van der Waals surface area contributed by atoms with Crippen LogP contribution in [0.4, 0.5) is 5.82 Å². The summed E-state index contributed by atoms with van der Waals surface area (Å²) in [5, 5.41) is 4.15. The van der Waals surface area contributed by atoms with Crippen LogP contribution in [0.25, 0.3) is 0 Å². The Hall–Kier alpha value is -1.77. The minimum atomic E-state index is 0.568. The number of rotatable bonds is 2. The van der Waals surface area contributed by atoms with Crippen LogP contribution in [0.1, 0.15) is 16.7 Å². The number of benzene rings is 1. The number of aryl methyl sites for hydroxylation is 2. The summed E-state index contributed by atoms with van der Waals surface area (Å²) in [5.41, 5.74) is 9.44. The molecule has 2 rings (SSSR count). The molecule has 1 aromatic heterocycles. The first-order chi connectivity index (χ1) is 7.15. The number of nitrogens with two attached hydrogens (primary N) is 1. The molecular formula is C12H15N3. The van der Waals surface area contributed by atoms with Gasteiger partial charge in [0.2, 0.25) is 0 Å². The van der Waals surface area contributed by atoms with E-state index in [2.05, 4.69) is 37.1 Å². The fourth-order valence-corrected chi connectivity index (χ4v) is 1.55. The molecule has 0 aliphatic carbocycles. The second-order valence-electron chi connectivity index (χ2n) is 3.86. The molecule has 0 fully saturated rings. The third-order valence-electron chi connectivity index (χ3n) is 2.58. The first-order valence-corrected chi connectivity index (χ1v) is 5.00. The van der Waals surface area contributed by atoms with E-state index in [1.807, 2.05) is 10.9 Å². The van der Waals surface area contributed by atoms with Crippen molar-refractivity contribution >= 4 is 5.82 Å². The molecule has 0 unspecified atom stereocenters. The van der Waals surface area contributed by atoms with Crippen molar-refractivity contribution in [2.75, 3.05) is 5.73 Å². The lowest BCUT2D eigenvalue weighted by molar-refractivity contribution is 0.689. The van der Waals surface area contributed by atoms with Crippen molar-refractivity contribution in [3.8, 4) is 0 Å². The average molecular weight is 201 g/mol. The molecule has 15 heavy (non-hydrogen) atoms. The van der Waals surface area contributed by atoms with Gasteiger partial charge in [-0.2, -0.15) is 5.10 Å². The standard InChI is InChI=1S/C12H15N3/c1-9-3-4-11(7-10(9)2)8-15-6-5-12(13)14-15/h3-7H,8H2,1-2H3,(H2,13,14). The molecule has 2 aromatic rings. The zero-order chi connectivity index (χ0) is 10.8. The fourth-order valence-electron chi connectivity index (χ4n) is 1.55. The Balaban J connectivity index is 2.21. The number of nitrogen functional groups attached to an aromatic ring is 1. The van der Waals surface area contributed by atoms with E-state index in [4.69, 9.17) is 5.73 Å². The third-order valence-corrected chi connectivity index (χ3v) is 2.58. The van der Waals surface area contributed by atoms with Crippen LogP contribution >= 0.6 is 0 Å². The Kier molecular flexibility index (Phi) is 2.46. The summed E-state index contributed by atoms with van der Waals surface area (Å²) in [6.07, 6.45) is 1.89. The lowest BCUT2D eigenvalue weighted by atomic mass is 10.1. The van der Waals surface area contributed by atoms with Gasteiger partial charge < -0.3 is 5.73 Å². The topological polar surface area (TPSA) is 43.8 Å². The van der Waals surface area contributed by atoms with Crippen LogP contribution in [0.15, 0.2) is 30.5 Å². The quantitative estimate of drug-likeness (QED) is 0.808. The predicted molar refractivity (Wildman–Crippen MR) is 61.7 cm³/mol. The third kappa shape index (κ3) is 2.18. The summed E-state index contributed by atoms with van der Waals surface area (Å²) in [5.74, 6) is 0.568. The Morgan fingerprint density at radius 2 is 2.00 bits per heavy atom. The molecule has 78 valence electrons. The predicted octanol–water partition coefficient (Wildman–Crippen LogP) is 2.13. The van der Waals surface area contributed by atoms with E-state index in [-0.39, 0.29) is 0 Å². The van der Waals surface area contributed by atoms with Crippen LogP contribution in [0.5, 0.6) is 0 Å². The van der Waals surface area contributed by atoms with Crippen molar-refractivity contribution in [3.63, 3.8) is 0 Å². The van der Waals surface area contributed by atoms with Gasteiger partial charge in [-0.3, -0.25) is 4.68 Å². The van der Waals surface area contributed by atoms with E-state index < -0.39 is 0 Å². The maximum Gasteiger partial charge on any atom is 0.145 e.